The van der Waals surface area contributed by atoms with Crippen molar-refractivity contribution < 1.29 is 35.9 Å². The van der Waals surface area contributed by atoms with Gasteiger partial charge in [-0.25, -0.2) is 18.4 Å². The van der Waals surface area contributed by atoms with Crippen molar-refractivity contribution in [2.75, 3.05) is 22.4 Å². The smallest absolute Gasteiger partial charge is 0.449 e. The lowest BCUT2D eigenvalue weighted by Gasteiger charge is -2.27. The first kappa shape index (κ1) is 24.9. The molecule has 0 saturated carbocycles. The zero-order valence-corrected chi connectivity index (χ0v) is 19.0. The van der Waals surface area contributed by atoms with Gasteiger partial charge in [-0.1, -0.05) is 12.1 Å². The number of fused-ring (bicyclic) bond motifs is 1. The van der Waals surface area contributed by atoms with Crippen LogP contribution in [0.4, 0.5) is 30.2 Å². The predicted molar refractivity (Wildman–Crippen MR) is 122 cm³/mol. The largest absolute Gasteiger partial charge is 0.490 e. The molecule has 10 nitrogen and oxygen atoms in total. The van der Waals surface area contributed by atoms with E-state index in [-0.39, 0.29) is 10.6 Å². The molecule has 1 aromatic heterocycles. The molecule has 1 aliphatic heterocycles. The summed E-state index contributed by atoms with van der Waals surface area (Å²) in [6, 6.07) is 13.6. The number of halogens is 3. The van der Waals surface area contributed by atoms with Crippen molar-refractivity contribution in [3.63, 3.8) is 0 Å². The van der Waals surface area contributed by atoms with Crippen molar-refractivity contribution in [3.05, 3.63) is 78.1 Å². The molecule has 188 valence electrons. The highest BCUT2D eigenvalue weighted by atomic mass is 32.2. The second kappa shape index (κ2) is 9.47. The van der Waals surface area contributed by atoms with Gasteiger partial charge in [0.15, 0.2) is 6.61 Å². The van der Waals surface area contributed by atoms with Crippen LogP contribution in [0.15, 0.2) is 71.9 Å². The summed E-state index contributed by atoms with van der Waals surface area (Å²) >= 11 is 0. The van der Waals surface area contributed by atoms with E-state index in [0.717, 1.165) is 0 Å². The third-order valence-electron chi connectivity index (χ3n) is 5.12. The van der Waals surface area contributed by atoms with Gasteiger partial charge in [-0.05, 0) is 48.0 Å². The Kier molecular flexibility index (Phi) is 6.56. The van der Waals surface area contributed by atoms with E-state index in [4.69, 9.17) is 5.14 Å². The number of aromatic nitrogens is 1. The molecular weight excluding hydrogens is 503 g/mol. The van der Waals surface area contributed by atoms with Gasteiger partial charge in [0.2, 0.25) is 10.0 Å². The maximum Gasteiger partial charge on any atom is 0.490 e. The number of nitrogens with two attached hydrogens (primary N) is 1. The molecule has 3 aromatic rings. The molecule has 0 radical (unpaired) electrons. The first-order chi connectivity index (χ1) is 16.9. The summed E-state index contributed by atoms with van der Waals surface area (Å²) in [5, 5.41) is 9.41. The van der Waals surface area contributed by atoms with Crippen LogP contribution < -0.4 is 20.9 Å². The lowest BCUT2D eigenvalue weighted by molar-refractivity contribution is -0.199. The minimum absolute atomic E-state index is 0.101. The van der Waals surface area contributed by atoms with E-state index < -0.39 is 40.7 Å². The Hall–Kier alpha value is -4.17. The molecule has 1 unspecified atom stereocenters. The van der Waals surface area contributed by atoms with Crippen LogP contribution in [-0.4, -0.2) is 38.1 Å². The number of nitrogens with zero attached hydrogens (tertiary/aromatic N) is 2. The highest BCUT2D eigenvalue weighted by Gasteiger charge is 2.41. The third-order valence-corrected chi connectivity index (χ3v) is 6.03. The van der Waals surface area contributed by atoms with Gasteiger partial charge in [-0.2, -0.15) is 13.2 Å². The van der Waals surface area contributed by atoms with Gasteiger partial charge >= 0.3 is 12.1 Å². The summed E-state index contributed by atoms with van der Waals surface area (Å²) in [5.41, 5.74) is 5.82. The average molecular weight is 521 g/mol. The van der Waals surface area contributed by atoms with Gasteiger partial charge in [-0.3, -0.25) is 20.2 Å². The lowest BCUT2D eigenvalue weighted by atomic mass is 9.97. The summed E-state index contributed by atoms with van der Waals surface area (Å²) in [6.45, 7) is -1.13. The van der Waals surface area contributed by atoms with Crippen LogP contribution in [0.3, 0.4) is 0 Å². The number of esters is 1. The topological polar surface area (TPSA) is 144 Å². The fourth-order valence-corrected chi connectivity index (χ4v) is 4.18. The number of alkyl halides is 3. The molecule has 1 atom stereocenters. The van der Waals surface area contributed by atoms with Crippen LogP contribution in [0.5, 0.6) is 0 Å². The highest BCUT2D eigenvalue weighted by Crippen LogP contribution is 2.43. The van der Waals surface area contributed by atoms with E-state index >= 15 is 0 Å². The molecule has 14 heteroatoms. The maximum absolute atomic E-state index is 12.3. The number of pyridine rings is 1. The van der Waals surface area contributed by atoms with Gasteiger partial charge in [0.1, 0.15) is 6.04 Å². The number of nitrogens with one attached hydrogen (secondary N) is 2. The van der Waals surface area contributed by atoms with E-state index in [0.29, 0.717) is 22.5 Å². The number of anilines is 3. The fourth-order valence-electron chi connectivity index (χ4n) is 3.61. The molecule has 0 aliphatic carbocycles. The summed E-state index contributed by atoms with van der Waals surface area (Å²) in [4.78, 5) is 26.9. The minimum atomic E-state index is -5.21. The molecule has 0 bridgehead atoms. The standard InChI is InChI=1S/C22H18F3N5O5S/c23-22(24,25)21(32)35-12-19(31)28-14-6-7-18-17(10-14)20(30(29-18)15-4-2-8-27-11-15)13-3-1-5-16(9-13)36(26,33)34/h1-11,20,29H,12H2,(H,28,31)(H2,26,33,34). The van der Waals surface area contributed by atoms with E-state index in [2.05, 4.69) is 20.5 Å². The second-order valence-corrected chi connectivity index (χ2v) is 9.20. The Labute approximate surface area is 202 Å². The predicted octanol–water partition coefficient (Wildman–Crippen LogP) is 2.71. The molecule has 2 aromatic carbocycles. The first-order valence-corrected chi connectivity index (χ1v) is 11.7. The molecule has 4 N–H and O–H groups in total. The minimum Gasteiger partial charge on any atom is -0.449 e. The maximum atomic E-state index is 12.3. The Morgan fingerprint density at radius 3 is 2.58 bits per heavy atom. The average Bonchev–Trinajstić information content (AvgIpc) is 3.21. The summed E-state index contributed by atoms with van der Waals surface area (Å²) in [7, 11) is -3.99. The Balaban J connectivity index is 1.66. The van der Waals surface area contributed by atoms with Crippen LogP contribution in [0.25, 0.3) is 0 Å². The molecule has 1 amide bonds. The summed E-state index contributed by atoms with van der Waals surface area (Å²) in [5.74, 6) is -3.45. The normalized spacial score (nSPS) is 15.1. The van der Waals surface area contributed by atoms with Gasteiger partial charge < -0.3 is 10.1 Å². The number of rotatable bonds is 6. The zero-order valence-electron chi connectivity index (χ0n) is 18.2. The number of amides is 1. The summed E-state index contributed by atoms with van der Waals surface area (Å²) in [6.07, 6.45) is -2.04. The number of sulfonamides is 1. The number of benzene rings is 2. The number of primary sulfonamides is 1. The number of ether oxygens (including phenoxy) is 1. The molecule has 36 heavy (non-hydrogen) atoms. The quantitative estimate of drug-likeness (QED) is 0.420. The van der Waals surface area contributed by atoms with Gasteiger partial charge in [0.25, 0.3) is 5.91 Å². The van der Waals surface area contributed by atoms with E-state index in [9.17, 15) is 31.2 Å². The number of carbonyl (C=O) groups is 2. The van der Waals surface area contributed by atoms with Crippen molar-refractivity contribution >= 4 is 39.0 Å². The molecular formula is C22H18F3N5O5S. The van der Waals surface area contributed by atoms with Gasteiger partial charge in [0, 0.05) is 17.4 Å². The molecule has 1 aliphatic rings. The van der Waals surface area contributed by atoms with Crippen molar-refractivity contribution in [2.24, 2.45) is 5.14 Å². The number of hydrogen-bond acceptors (Lipinski definition) is 8. The van der Waals surface area contributed by atoms with Crippen LogP contribution in [0, 0.1) is 0 Å². The third kappa shape index (κ3) is 5.39. The van der Waals surface area contributed by atoms with Crippen LogP contribution in [-0.2, 0) is 24.3 Å². The highest BCUT2D eigenvalue weighted by molar-refractivity contribution is 7.89. The second-order valence-electron chi connectivity index (χ2n) is 7.64. The Bertz CT molecular complexity index is 1420. The van der Waals surface area contributed by atoms with Crippen molar-refractivity contribution in [2.45, 2.75) is 17.1 Å². The van der Waals surface area contributed by atoms with Crippen LogP contribution >= 0.6 is 0 Å². The lowest BCUT2D eigenvalue weighted by Crippen LogP contribution is -2.29. The van der Waals surface area contributed by atoms with Crippen molar-refractivity contribution in [3.8, 4) is 0 Å². The van der Waals surface area contributed by atoms with Crippen LogP contribution in [0.2, 0.25) is 0 Å². The van der Waals surface area contributed by atoms with E-state index in [1.54, 1.807) is 47.7 Å². The zero-order chi connectivity index (χ0) is 26.1. The number of hydrogen-bond donors (Lipinski definition) is 3. The Morgan fingerprint density at radius 2 is 1.92 bits per heavy atom. The molecule has 2 heterocycles. The fraction of sp³-hybridized carbons (Fsp3) is 0.136. The Morgan fingerprint density at radius 1 is 1.14 bits per heavy atom. The van der Waals surface area contributed by atoms with Crippen LogP contribution in [0.1, 0.15) is 17.2 Å². The summed E-state index contributed by atoms with van der Waals surface area (Å²) < 4.78 is 64.7. The van der Waals surface area contributed by atoms with Gasteiger partial charge in [-0.15, -0.1) is 0 Å². The van der Waals surface area contributed by atoms with Crippen molar-refractivity contribution in [1.29, 1.82) is 0 Å². The number of hydrazine groups is 1. The van der Waals surface area contributed by atoms with Gasteiger partial charge in [0.05, 0.1) is 22.5 Å². The molecule has 0 saturated heterocycles. The monoisotopic (exact) mass is 521 g/mol. The van der Waals surface area contributed by atoms with Crippen molar-refractivity contribution in [1.82, 2.24) is 4.98 Å². The SMILES string of the molecule is NS(=O)(=O)c1cccc(C2c3cc(NC(=O)COC(=O)C(F)(F)F)ccc3NN2c2cccnc2)c1. The molecule has 4 rings (SSSR count). The molecule has 0 spiro atoms. The van der Waals surface area contributed by atoms with E-state index in [1.807, 2.05) is 0 Å². The first-order valence-electron chi connectivity index (χ1n) is 10.2. The number of carbonyl (C=O) groups excluding carboxylic acids is 2. The van der Waals surface area contributed by atoms with E-state index in [1.165, 1.54) is 24.3 Å². The molecule has 0 fully saturated rings.